The predicted octanol–water partition coefficient (Wildman–Crippen LogP) is 3.20. The fraction of sp³-hybridized carbons (Fsp3) is 0.591. The zero-order valence-corrected chi connectivity index (χ0v) is 18.0. The molecule has 1 N–H and O–H groups in total. The third-order valence-electron chi connectivity index (χ3n) is 6.06. The number of aromatic nitrogens is 1. The van der Waals surface area contributed by atoms with Gasteiger partial charge < -0.3 is 15.1 Å². The van der Waals surface area contributed by atoms with Crippen molar-refractivity contribution in [2.75, 3.05) is 37.6 Å². The van der Waals surface area contributed by atoms with Gasteiger partial charge in [-0.25, -0.2) is 4.98 Å². The van der Waals surface area contributed by atoms with Gasteiger partial charge in [-0.1, -0.05) is 6.92 Å². The zero-order chi connectivity index (χ0) is 20.2. The third kappa shape index (κ3) is 4.55. The Labute approximate surface area is 176 Å². The molecule has 29 heavy (non-hydrogen) atoms. The van der Waals surface area contributed by atoms with E-state index in [1.165, 1.54) is 15.0 Å². The molecule has 0 aromatic carbocycles. The summed E-state index contributed by atoms with van der Waals surface area (Å²) in [5, 5.41) is 4.32. The summed E-state index contributed by atoms with van der Waals surface area (Å²) >= 11 is 1.85. The molecule has 2 saturated heterocycles. The summed E-state index contributed by atoms with van der Waals surface area (Å²) in [7, 11) is 0. The summed E-state index contributed by atoms with van der Waals surface area (Å²) in [5.74, 6) is 1.55. The minimum absolute atomic E-state index is 0.0764. The second-order valence-electron chi connectivity index (χ2n) is 8.00. The molecule has 0 saturated carbocycles. The number of fused-ring (bicyclic) bond motifs is 1. The Morgan fingerprint density at radius 3 is 2.86 bits per heavy atom. The fourth-order valence-corrected chi connectivity index (χ4v) is 5.34. The van der Waals surface area contributed by atoms with Crippen LogP contribution >= 0.6 is 11.3 Å². The maximum atomic E-state index is 12.5. The van der Waals surface area contributed by atoms with Crippen molar-refractivity contribution in [3.8, 4) is 0 Å². The van der Waals surface area contributed by atoms with Gasteiger partial charge in [0.1, 0.15) is 5.82 Å². The number of carbonyl (C=O) groups excluding carboxylic acids is 2. The number of rotatable bonds is 7. The van der Waals surface area contributed by atoms with Gasteiger partial charge in [0.15, 0.2) is 0 Å². The van der Waals surface area contributed by atoms with E-state index in [1.807, 2.05) is 22.4 Å². The van der Waals surface area contributed by atoms with Crippen LogP contribution < -0.4 is 10.2 Å². The number of hydrogen-bond acceptors (Lipinski definition) is 5. The molecule has 0 spiro atoms. The highest BCUT2D eigenvalue weighted by atomic mass is 32.1. The van der Waals surface area contributed by atoms with Crippen molar-refractivity contribution in [3.05, 3.63) is 23.2 Å². The van der Waals surface area contributed by atoms with Gasteiger partial charge in [-0.05, 0) is 44.2 Å². The summed E-state index contributed by atoms with van der Waals surface area (Å²) in [4.78, 5) is 34.4. The van der Waals surface area contributed by atoms with Crippen LogP contribution in [0.15, 0.2) is 18.3 Å². The van der Waals surface area contributed by atoms with E-state index in [1.54, 1.807) is 0 Å². The van der Waals surface area contributed by atoms with E-state index < -0.39 is 0 Å². The molecule has 0 aliphatic carbocycles. The van der Waals surface area contributed by atoms with Crippen LogP contribution in [-0.2, 0) is 16.0 Å². The maximum absolute atomic E-state index is 12.5. The molecule has 2 aliphatic rings. The van der Waals surface area contributed by atoms with Crippen LogP contribution in [0.4, 0.5) is 5.82 Å². The third-order valence-corrected chi connectivity index (χ3v) is 7.31. The first-order chi connectivity index (χ1) is 14.2. The zero-order valence-electron chi connectivity index (χ0n) is 17.2. The standard InChI is InChI=1S/C22H30N4O2S/c1-2-17-15-18-19(29-17)6-10-23-21(18)26-13-7-16(8-14-26)22(28)24-9-4-12-25-11-3-5-20(25)27/h6,10,15-16H,2-5,7-9,11-14H2,1H3,(H,24,28). The van der Waals surface area contributed by atoms with Gasteiger partial charge in [-0.3, -0.25) is 9.59 Å². The number of nitrogens with one attached hydrogen (secondary N) is 1. The Morgan fingerprint density at radius 2 is 2.14 bits per heavy atom. The average Bonchev–Trinajstić information content (AvgIpc) is 3.36. The molecule has 0 radical (unpaired) electrons. The molecule has 2 amide bonds. The molecule has 4 heterocycles. The molecular formula is C22H30N4O2S. The Morgan fingerprint density at radius 1 is 1.31 bits per heavy atom. The number of piperidine rings is 1. The monoisotopic (exact) mass is 414 g/mol. The normalized spacial score (nSPS) is 18.0. The van der Waals surface area contributed by atoms with Crippen molar-refractivity contribution in [1.82, 2.24) is 15.2 Å². The summed E-state index contributed by atoms with van der Waals surface area (Å²) in [6.07, 6.45) is 7.15. The number of carbonyl (C=O) groups is 2. The van der Waals surface area contributed by atoms with Gasteiger partial charge in [0.25, 0.3) is 0 Å². The van der Waals surface area contributed by atoms with Gasteiger partial charge in [-0.15, -0.1) is 11.3 Å². The highest BCUT2D eigenvalue weighted by molar-refractivity contribution is 7.19. The number of likely N-dealkylation sites (tertiary alicyclic amines) is 1. The minimum Gasteiger partial charge on any atom is -0.356 e. The number of aryl methyl sites for hydroxylation is 1. The van der Waals surface area contributed by atoms with Crippen molar-refractivity contribution < 1.29 is 9.59 Å². The molecule has 2 aromatic heterocycles. The highest BCUT2D eigenvalue weighted by Gasteiger charge is 2.26. The number of hydrogen-bond donors (Lipinski definition) is 1. The van der Waals surface area contributed by atoms with Crippen molar-refractivity contribution in [2.24, 2.45) is 5.92 Å². The summed E-state index contributed by atoms with van der Waals surface area (Å²) < 4.78 is 1.29. The van der Waals surface area contributed by atoms with Crippen molar-refractivity contribution in [2.45, 2.75) is 45.4 Å². The van der Waals surface area contributed by atoms with E-state index >= 15 is 0 Å². The average molecular weight is 415 g/mol. The van der Waals surface area contributed by atoms with E-state index in [9.17, 15) is 9.59 Å². The summed E-state index contributed by atoms with van der Waals surface area (Å²) in [6.45, 7) is 6.19. The molecule has 2 fully saturated rings. The lowest BCUT2D eigenvalue weighted by Crippen LogP contribution is -2.41. The Balaban J connectivity index is 1.25. The largest absolute Gasteiger partial charge is 0.356 e. The lowest BCUT2D eigenvalue weighted by atomic mass is 9.95. The second kappa shape index (κ2) is 9.11. The van der Waals surface area contributed by atoms with Crippen LogP contribution in [0.2, 0.25) is 0 Å². The highest BCUT2D eigenvalue weighted by Crippen LogP contribution is 2.33. The number of nitrogens with zero attached hydrogens (tertiary/aromatic N) is 3. The molecule has 6 nitrogen and oxygen atoms in total. The molecule has 7 heteroatoms. The van der Waals surface area contributed by atoms with E-state index in [0.717, 1.165) is 64.1 Å². The van der Waals surface area contributed by atoms with Gasteiger partial charge in [-0.2, -0.15) is 0 Å². The van der Waals surface area contributed by atoms with E-state index in [0.29, 0.717) is 13.0 Å². The van der Waals surface area contributed by atoms with E-state index in [-0.39, 0.29) is 17.7 Å². The van der Waals surface area contributed by atoms with E-state index in [4.69, 9.17) is 0 Å². The Hall–Kier alpha value is -2.15. The summed E-state index contributed by atoms with van der Waals surface area (Å²) in [5.41, 5.74) is 0. The molecule has 4 rings (SSSR count). The van der Waals surface area contributed by atoms with Gasteiger partial charge in [0, 0.05) is 66.2 Å². The maximum Gasteiger partial charge on any atom is 0.223 e. The van der Waals surface area contributed by atoms with Gasteiger partial charge >= 0.3 is 0 Å². The predicted molar refractivity (Wildman–Crippen MR) is 117 cm³/mol. The number of amides is 2. The first-order valence-corrected chi connectivity index (χ1v) is 11.6. The molecule has 0 bridgehead atoms. The SMILES string of the molecule is CCc1cc2c(N3CCC(C(=O)NCCCN4CCCC4=O)CC3)nccc2s1. The van der Waals surface area contributed by atoms with Crippen LogP contribution in [-0.4, -0.2) is 54.4 Å². The molecular weight excluding hydrogens is 384 g/mol. The van der Waals surface area contributed by atoms with E-state index in [2.05, 4.69) is 34.3 Å². The van der Waals surface area contributed by atoms with Crippen molar-refractivity contribution in [3.63, 3.8) is 0 Å². The first kappa shape index (κ1) is 20.1. The quantitative estimate of drug-likeness (QED) is 0.707. The fourth-order valence-electron chi connectivity index (χ4n) is 4.35. The van der Waals surface area contributed by atoms with Gasteiger partial charge in [0.2, 0.25) is 11.8 Å². The van der Waals surface area contributed by atoms with Gasteiger partial charge in [0.05, 0.1) is 0 Å². The van der Waals surface area contributed by atoms with Crippen molar-refractivity contribution >= 4 is 39.1 Å². The lowest BCUT2D eigenvalue weighted by molar-refractivity contribution is -0.127. The van der Waals surface area contributed by atoms with Crippen LogP contribution in [0.25, 0.3) is 10.1 Å². The van der Waals surface area contributed by atoms with Crippen LogP contribution in [0.5, 0.6) is 0 Å². The number of pyridine rings is 1. The van der Waals surface area contributed by atoms with Crippen LogP contribution in [0.1, 0.15) is 43.9 Å². The number of thiophene rings is 1. The Kier molecular flexibility index (Phi) is 6.33. The summed E-state index contributed by atoms with van der Waals surface area (Å²) in [6, 6.07) is 4.37. The molecule has 0 atom stereocenters. The number of anilines is 1. The molecule has 156 valence electrons. The van der Waals surface area contributed by atoms with Crippen LogP contribution in [0, 0.1) is 5.92 Å². The topological polar surface area (TPSA) is 65.5 Å². The molecule has 2 aromatic rings. The molecule has 0 unspecified atom stereocenters. The molecule has 2 aliphatic heterocycles. The lowest BCUT2D eigenvalue weighted by Gasteiger charge is -2.32. The first-order valence-electron chi connectivity index (χ1n) is 10.8. The minimum atomic E-state index is 0.0764. The second-order valence-corrected chi connectivity index (χ2v) is 9.17. The van der Waals surface area contributed by atoms with Crippen molar-refractivity contribution in [1.29, 1.82) is 0 Å². The Bertz CT molecular complexity index is 873. The van der Waals surface area contributed by atoms with Crippen LogP contribution in [0.3, 0.4) is 0 Å². The smallest absolute Gasteiger partial charge is 0.223 e.